The molecule has 1 N–H and O–H groups in total. The number of hydrogen-bond donors (Lipinski definition) is 1. The standard InChI is InChI=1S/C19H30O2/c1-18-10-3-2-4-13(18)5-6-14-15(18)9-11-19(12-20)16(14)7-8-17(19)21/h13-16,20H,2-12H2,1H3/t13-,14-,15+,16+,18+,19-/m1/s1. The normalized spacial score (nSPS) is 53.0. The van der Waals surface area contributed by atoms with Crippen LogP contribution in [0.2, 0.25) is 0 Å². The maximum atomic E-state index is 12.4. The van der Waals surface area contributed by atoms with Crippen molar-refractivity contribution < 1.29 is 9.90 Å². The first-order valence-electron chi connectivity index (χ1n) is 9.26. The monoisotopic (exact) mass is 290 g/mol. The van der Waals surface area contributed by atoms with Gasteiger partial charge in [-0.05, 0) is 74.0 Å². The van der Waals surface area contributed by atoms with E-state index in [1.165, 1.54) is 44.9 Å². The summed E-state index contributed by atoms with van der Waals surface area (Å²) in [5, 5.41) is 9.99. The van der Waals surface area contributed by atoms with Crippen LogP contribution in [0.25, 0.3) is 0 Å². The van der Waals surface area contributed by atoms with Crippen LogP contribution >= 0.6 is 0 Å². The van der Waals surface area contributed by atoms with Gasteiger partial charge in [0.15, 0.2) is 0 Å². The molecule has 4 fully saturated rings. The number of fused-ring (bicyclic) bond motifs is 5. The van der Waals surface area contributed by atoms with Crippen molar-refractivity contribution in [2.45, 2.75) is 71.1 Å². The number of carbonyl (C=O) groups excluding carboxylic acids is 1. The largest absolute Gasteiger partial charge is 0.395 e. The fourth-order valence-electron chi connectivity index (χ4n) is 7.17. The molecule has 0 aliphatic heterocycles. The van der Waals surface area contributed by atoms with Gasteiger partial charge in [0.2, 0.25) is 0 Å². The molecule has 0 bridgehead atoms. The Kier molecular flexibility index (Phi) is 3.26. The zero-order valence-corrected chi connectivity index (χ0v) is 13.4. The van der Waals surface area contributed by atoms with Crippen LogP contribution in [0.1, 0.15) is 71.1 Å². The van der Waals surface area contributed by atoms with Gasteiger partial charge < -0.3 is 5.11 Å². The molecule has 118 valence electrons. The molecule has 6 atom stereocenters. The fourth-order valence-corrected chi connectivity index (χ4v) is 7.17. The van der Waals surface area contributed by atoms with Gasteiger partial charge >= 0.3 is 0 Å². The van der Waals surface area contributed by atoms with Crippen molar-refractivity contribution in [3.8, 4) is 0 Å². The Balaban J connectivity index is 1.66. The molecule has 0 aromatic rings. The van der Waals surface area contributed by atoms with Gasteiger partial charge in [0.25, 0.3) is 0 Å². The topological polar surface area (TPSA) is 37.3 Å². The number of aliphatic hydroxyl groups excluding tert-OH is 1. The molecule has 0 radical (unpaired) electrons. The predicted octanol–water partition coefficient (Wildman–Crippen LogP) is 3.96. The molecular weight excluding hydrogens is 260 g/mol. The highest BCUT2D eigenvalue weighted by atomic mass is 16.3. The van der Waals surface area contributed by atoms with Crippen molar-refractivity contribution in [1.82, 2.24) is 0 Å². The number of rotatable bonds is 1. The van der Waals surface area contributed by atoms with E-state index in [2.05, 4.69) is 6.92 Å². The highest BCUT2D eigenvalue weighted by Gasteiger charge is 2.61. The van der Waals surface area contributed by atoms with E-state index in [1.54, 1.807) is 0 Å². The molecule has 0 saturated heterocycles. The highest BCUT2D eigenvalue weighted by molar-refractivity contribution is 5.87. The zero-order valence-electron chi connectivity index (χ0n) is 13.4. The first-order chi connectivity index (χ1) is 10.1. The minimum atomic E-state index is -0.334. The number of ketones is 1. The zero-order chi connectivity index (χ0) is 14.7. The van der Waals surface area contributed by atoms with E-state index in [4.69, 9.17) is 0 Å². The summed E-state index contributed by atoms with van der Waals surface area (Å²) in [4.78, 5) is 12.4. The first kappa shape index (κ1) is 14.2. The smallest absolute Gasteiger partial charge is 0.141 e. The van der Waals surface area contributed by atoms with E-state index in [9.17, 15) is 9.90 Å². The highest BCUT2D eigenvalue weighted by Crippen LogP contribution is 2.65. The maximum Gasteiger partial charge on any atom is 0.141 e. The van der Waals surface area contributed by atoms with Crippen molar-refractivity contribution in [2.24, 2.45) is 34.5 Å². The quantitative estimate of drug-likeness (QED) is 0.793. The summed E-state index contributed by atoms with van der Waals surface area (Å²) in [5.74, 6) is 3.35. The Morgan fingerprint density at radius 3 is 2.71 bits per heavy atom. The van der Waals surface area contributed by atoms with E-state index in [0.29, 0.717) is 17.1 Å². The summed E-state index contributed by atoms with van der Waals surface area (Å²) < 4.78 is 0. The Morgan fingerprint density at radius 1 is 1.05 bits per heavy atom. The molecule has 0 aromatic heterocycles. The van der Waals surface area contributed by atoms with Gasteiger partial charge in [-0.3, -0.25) is 4.79 Å². The number of hydrogen-bond acceptors (Lipinski definition) is 2. The van der Waals surface area contributed by atoms with E-state index in [1.807, 2.05) is 0 Å². The van der Waals surface area contributed by atoms with Crippen LogP contribution < -0.4 is 0 Å². The van der Waals surface area contributed by atoms with Crippen LogP contribution in [-0.4, -0.2) is 17.5 Å². The third-order valence-electron chi connectivity index (χ3n) is 8.31. The molecule has 2 nitrogen and oxygen atoms in total. The van der Waals surface area contributed by atoms with Gasteiger partial charge in [0, 0.05) is 6.42 Å². The lowest BCUT2D eigenvalue weighted by Gasteiger charge is -2.59. The van der Waals surface area contributed by atoms with Gasteiger partial charge in [0.1, 0.15) is 5.78 Å². The molecule has 4 saturated carbocycles. The van der Waals surface area contributed by atoms with Gasteiger partial charge in [-0.25, -0.2) is 0 Å². The van der Waals surface area contributed by atoms with Crippen LogP contribution in [0.15, 0.2) is 0 Å². The summed E-state index contributed by atoms with van der Waals surface area (Å²) in [7, 11) is 0. The van der Waals surface area contributed by atoms with Crippen molar-refractivity contribution in [1.29, 1.82) is 0 Å². The molecule has 0 amide bonds. The second-order valence-electron chi connectivity index (χ2n) is 8.72. The molecule has 4 rings (SSSR count). The maximum absolute atomic E-state index is 12.4. The van der Waals surface area contributed by atoms with Gasteiger partial charge in [-0.1, -0.05) is 19.8 Å². The van der Waals surface area contributed by atoms with Crippen LogP contribution in [0.3, 0.4) is 0 Å². The third kappa shape index (κ3) is 1.77. The number of Topliss-reactive ketones (excluding diaryl/α,β-unsaturated/α-hetero) is 1. The first-order valence-corrected chi connectivity index (χ1v) is 9.26. The fraction of sp³-hybridized carbons (Fsp3) is 0.947. The lowest BCUT2D eigenvalue weighted by atomic mass is 9.45. The molecule has 4 aliphatic rings. The second-order valence-corrected chi connectivity index (χ2v) is 8.72. The average molecular weight is 290 g/mol. The van der Waals surface area contributed by atoms with Crippen molar-refractivity contribution >= 4 is 5.78 Å². The number of carbonyl (C=O) groups is 1. The van der Waals surface area contributed by atoms with Crippen LogP contribution in [0, 0.1) is 34.5 Å². The minimum absolute atomic E-state index is 0.111. The Labute approximate surface area is 128 Å². The summed E-state index contributed by atoms with van der Waals surface area (Å²) >= 11 is 0. The SMILES string of the molecule is C[C@]12CCCC[C@@H]1CC[C@H]1[C@@H]3CCC(=O)[C@@]3(CO)CC[C@@H]12. The molecular formula is C19H30O2. The molecule has 0 aromatic carbocycles. The minimum Gasteiger partial charge on any atom is -0.395 e. The lowest BCUT2D eigenvalue weighted by Crippen LogP contribution is -2.54. The van der Waals surface area contributed by atoms with Crippen molar-refractivity contribution in [3.63, 3.8) is 0 Å². The molecule has 21 heavy (non-hydrogen) atoms. The molecule has 2 heteroatoms. The van der Waals surface area contributed by atoms with E-state index < -0.39 is 0 Å². The van der Waals surface area contributed by atoms with Gasteiger partial charge in [0.05, 0.1) is 12.0 Å². The molecule has 4 aliphatic carbocycles. The van der Waals surface area contributed by atoms with Crippen LogP contribution in [0.5, 0.6) is 0 Å². The van der Waals surface area contributed by atoms with E-state index in [0.717, 1.165) is 37.0 Å². The number of aliphatic hydroxyl groups is 1. The van der Waals surface area contributed by atoms with Crippen LogP contribution in [-0.2, 0) is 4.79 Å². The molecule has 0 unspecified atom stereocenters. The van der Waals surface area contributed by atoms with E-state index in [-0.39, 0.29) is 12.0 Å². The van der Waals surface area contributed by atoms with E-state index >= 15 is 0 Å². The summed E-state index contributed by atoms with van der Waals surface area (Å²) in [6, 6.07) is 0. The van der Waals surface area contributed by atoms with Crippen LogP contribution in [0.4, 0.5) is 0 Å². The van der Waals surface area contributed by atoms with Crippen molar-refractivity contribution in [2.75, 3.05) is 6.61 Å². The molecule has 0 spiro atoms. The molecule has 0 heterocycles. The van der Waals surface area contributed by atoms with Gasteiger partial charge in [-0.15, -0.1) is 0 Å². The summed E-state index contributed by atoms with van der Waals surface area (Å²) in [6.45, 7) is 2.68. The summed E-state index contributed by atoms with van der Waals surface area (Å²) in [5.41, 5.74) is 0.202. The van der Waals surface area contributed by atoms with Crippen molar-refractivity contribution in [3.05, 3.63) is 0 Å². The Morgan fingerprint density at radius 2 is 1.90 bits per heavy atom. The third-order valence-corrected chi connectivity index (χ3v) is 8.31. The average Bonchev–Trinajstić information content (AvgIpc) is 2.84. The second kappa shape index (κ2) is 4.81. The Hall–Kier alpha value is -0.370. The van der Waals surface area contributed by atoms with Gasteiger partial charge in [-0.2, -0.15) is 0 Å². The predicted molar refractivity (Wildman–Crippen MR) is 82.8 cm³/mol. The Bertz CT molecular complexity index is 445. The lowest BCUT2D eigenvalue weighted by molar-refractivity contribution is -0.146. The summed E-state index contributed by atoms with van der Waals surface area (Å²) in [6.07, 6.45) is 12.3.